The van der Waals surface area contributed by atoms with Gasteiger partial charge in [-0.3, -0.25) is 4.31 Å². The first-order valence-electron chi connectivity index (χ1n) is 6.81. The van der Waals surface area contributed by atoms with Crippen molar-refractivity contribution in [2.45, 2.75) is 18.7 Å². The van der Waals surface area contributed by atoms with Crippen LogP contribution in [0.25, 0.3) is 0 Å². The molecule has 0 bridgehead atoms. The minimum Gasteiger partial charge on any atom is -0.358 e. The molecule has 0 unspecified atom stereocenters. The van der Waals surface area contributed by atoms with Gasteiger partial charge in [0.15, 0.2) is 0 Å². The van der Waals surface area contributed by atoms with E-state index in [-0.39, 0.29) is 16.3 Å². The number of sulfonamides is 1. The predicted molar refractivity (Wildman–Crippen MR) is 88.6 cm³/mol. The van der Waals surface area contributed by atoms with Gasteiger partial charge in [0.1, 0.15) is 5.75 Å². The normalized spacial score (nSPS) is 12.0. The van der Waals surface area contributed by atoms with E-state index in [9.17, 15) is 20.7 Å². The zero-order chi connectivity index (χ0) is 18.1. The minimum atomic E-state index is -5.12. The second kappa shape index (κ2) is 6.40. The fourth-order valence-electron chi connectivity index (χ4n) is 2.10. The number of hydrogen-bond donors (Lipinski definition) is 0. The van der Waals surface area contributed by atoms with E-state index in [1.165, 1.54) is 31.3 Å². The lowest BCUT2D eigenvalue weighted by atomic mass is 10.2. The highest BCUT2D eigenvalue weighted by atomic mass is 32.3. The summed E-state index contributed by atoms with van der Waals surface area (Å²) in [5.41, 5.74) is 1.69. The van der Waals surface area contributed by atoms with Crippen LogP contribution in [0, 0.1) is 13.8 Å². The van der Waals surface area contributed by atoms with Gasteiger partial charge in [-0.05, 0) is 55.3 Å². The van der Waals surface area contributed by atoms with Crippen LogP contribution in [0.5, 0.6) is 5.75 Å². The zero-order valence-electron chi connectivity index (χ0n) is 13.2. The number of benzene rings is 2. The topological polar surface area (TPSA) is 80.8 Å². The van der Waals surface area contributed by atoms with Crippen LogP contribution in [-0.4, -0.2) is 23.9 Å². The standard InChI is InChI=1S/C15H16FNO5S2/c1-11-4-5-12(2)15(10-11)23(18,19)17(3)13-6-8-14(9-7-13)22-24(16,20)21/h4-10H,1-3H3. The molecule has 0 N–H and O–H groups in total. The molecule has 0 atom stereocenters. The molecule has 130 valence electrons. The summed E-state index contributed by atoms with van der Waals surface area (Å²) < 4.78 is 64.0. The minimum absolute atomic E-state index is 0.177. The molecule has 0 amide bonds. The van der Waals surface area contributed by atoms with Gasteiger partial charge >= 0.3 is 10.5 Å². The van der Waals surface area contributed by atoms with Crippen LogP contribution in [0.4, 0.5) is 9.57 Å². The molecule has 0 heterocycles. The fourth-order valence-corrected chi connectivity index (χ4v) is 3.94. The van der Waals surface area contributed by atoms with Gasteiger partial charge in [0, 0.05) is 7.05 Å². The van der Waals surface area contributed by atoms with Crippen molar-refractivity contribution < 1.29 is 24.9 Å². The van der Waals surface area contributed by atoms with Crippen LogP contribution in [-0.2, 0) is 20.5 Å². The van der Waals surface area contributed by atoms with Gasteiger partial charge in [-0.2, -0.15) is 8.42 Å². The Bertz CT molecular complexity index is 954. The van der Waals surface area contributed by atoms with Gasteiger partial charge in [-0.1, -0.05) is 16.0 Å². The first-order chi connectivity index (χ1) is 11.0. The lowest BCUT2D eigenvalue weighted by Crippen LogP contribution is -2.27. The van der Waals surface area contributed by atoms with E-state index >= 15 is 0 Å². The number of halogens is 1. The molecule has 0 aliphatic heterocycles. The molecule has 0 saturated heterocycles. The van der Waals surface area contributed by atoms with E-state index in [4.69, 9.17) is 0 Å². The third kappa shape index (κ3) is 4.04. The van der Waals surface area contributed by atoms with Crippen molar-refractivity contribution in [1.82, 2.24) is 0 Å². The molecule has 0 radical (unpaired) electrons. The van der Waals surface area contributed by atoms with Gasteiger partial charge in [-0.25, -0.2) is 8.42 Å². The Labute approximate surface area is 141 Å². The van der Waals surface area contributed by atoms with Gasteiger partial charge in [-0.15, -0.1) is 0 Å². The molecule has 0 aliphatic rings. The maximum Gasteiger partial charge on any atom is 0.488 e. The maximum atomic E-state index is 12.8. The van der Waals surface area contributed by atoms with Crippen molar-refractivity contribution in [3.8, 4) is 5.75 Å². The quantitative estimate of drug-likeness (QED) is 0.753. The third-order valence-electron chi connectivity index (χ3n) is 3.38. The van der Waals surface area contributed by atoms with Crippen molar-refractivity contribution in [2.75, 3.05) is 11.4 Å². The van der Waals surface area contributed by atoms with Crippen LogP contribution in [0.15, 0.2) is 47.4 Å². The van der Waals surface area contributed by atoms with Crippen molar-refractivity contribution in [3.63, 3.8) is 0 Å². The summed E-state index contributed by atoms with van der Waals surface area (Å²) in [6.07, 6.45) is 0. The number of rotatable bonds is 5. The van der Waals surface area contributed by atoms with E-state index in [1.54, 1.807) is 26.0 Å². The predicted octanol–water partition coefficient (Wildman–Crippen LogP) is 2.72. The summed E-state index contributed by atoms with van der Waals surface area (Å²) in [5, 5.41) is 0. The molecule has 0 saturated carbocycles. The van der Waals surface area contributed by atoms with E-state index in [1.807, 2.05) is 6.07 Å². The van der Waals surface area contributed by atoms with Crippen molar-refractivity contribution in [3.05, 3.63) is 53.6 Å². The number of anilines is 1. The van der Waals surface area contributed by atoms with Crippen LogP contribution < -0.4 is 8.49 Å². The maximum absolute atomic E-state index is 12.8. The van der Waals surface area contributed by atoms with E-state index in [0.717, 1.165) is 9.87 Å². The molecule has 0 aliphatic carbocycles. The first kappa shape index (κ1) is 18.2. The smallest absolute Gasteiger partial charge is 0.358 e. The average Bonchev–Trinajstić information content (AvgIpc) is 2.48. The Hall–Kier alpha value is -2.13. The second-order valence-electron chi connectivity index (χ2n) is 5.21. The van der Waals surface area contributed by atoms with Crippen LogP contribution in [0.3, 0.4) is 0 Å². The summed E-state index contributed by atoms with van der Waals surface area (Å²) in [4.78, 5) is 0.177. The van der Waals surface area contributed by atoms with E-state index in [0.29, 0.717) is 5.56 Å². The highest BCUT2D eigenvalue weighted by Gasteiger charge is 2.23. The molecule has 0 spiro atoms. The molecule has 24 heavy (non-hydrogen) atoms. The zero-order valence-corrected chi connectivity index (χ0v) is 14.9. The Kier molecular flexibility index (Phi) is 4.86. The summed E-state index contributed by atoms with van der Waals surface area (Å²) >= 11 is 0. The Balaban J connectivity index is 2.37. The molecular formula is C15H16FNO5S2. The largest absolute Gasteiger partial charge is 0.488 e. The molecule has 2 aromatic rings. The SMILES string of the molecule is Cc1ccc(C)c(S(=O)(=O)N(C)c2ccc(OS(=O)(=O)F)cc2)c1. The van der Waals surface area contributed by atoms with Crippen molar-refractivity contribution >= 4 is 26.2 Å². The van der Waals surface area contributed by atoms with Gasteiger partial charge in [0.25, 0.3) is 10.0 Å². The van der Waals surface area contributed by atoms with Crippen LogP contribution in [0.1, 0.15) is 11.1 Å². The Morgan fingerprint density at radius 3 is 2.08 bits per heavy atom. The van der Waals surface area contributed by atoms with Gasteiger partial charge in [0.2, 0.25) is 0 Å². The highest BCUT2D eigenvalue weighted by molar-refractivity contribution is 7.92. The summed E-state index contributed by atoms with van der Waals surface area (Å²) in [7, 11) is -7.54. The lowest BCUT2D eigenvalue weighted by molar-refractivity contribution is 0.440. The molecule has 0 aromatic heterocycles. The fraction of sp³-hybridized carbons (Fsp3) is 0.200. The molecule has 0 fully saturated rings. The Morgan fingerprint density at radius 1 is 0.958 bits per heavy atom. The summed E-state index contributed by atoms with van der Waals surface area (Å²) in [6, 6.07) is 10.1. The molecular weight excluding hydrogens is 357 g/mol. The number of hydrogen-bond acceptors (Lipinski definition) is 5. The first-order valence-corrected chi connectivity index (χ1v) is 9.56. The average molecular weight is 373 g/mol. The molecule has 2 aromatic carbocycles. The van der Waals surface area contributed by atoms with Crippen LogP contribution >= 0.6 is 0 Å². The van der Waals surface area contributed by atoms with Crippen LogP contribution in [0.2, 0.25) is 0 Å². The lowest BCUT2D eigenvalue weighted by Gasteiger charge is -2.21. The van der Waals surface area contributed by atoms with Crippen molar-refractivity contribution in [1.29, 1.82) is 0 Å². The van der Waals surface area contributed by atoms with Gasteiger partial charge < -0.3 is 4.18 Å². The van der Waals surface area contributed by atoms with E-state index in [2.05, 4.69) is 4.18 Å². The monoisotopic (exact) mass is 373 g/mol. The second-order valence-corrected chi connectivity index (χ2v) is 8.10. The van der Waals surface area contributed by atoms with Gasteiger partial charge in [0.05, 0.1) is 10.6 Å². The molecule has 9 heteroatoms. The number of aryl methyl sites for hydroxylation is 2. The summed E-state index contributed by atoms with van der Waals surface area (Å²) in [5.74, 6) is -0.251. The molecule has 2 rings (SSSR count). The van der Waals surface area contributed by atoms with Crippen molar-refractivity contribution in [2.24, 2.45) is 0 Å². The number of nitrogens with zero attached hydrogens (tertiary/aromatic N) is 1. The molecule has 6 nitrogen and oxygen atoms in total. The Morgan fingerprint density at radius 2 is 1.54 bits per heavy atom. The third-order valence-corrected chi connectivity index (χ3v) is 5.70. The highest BCUT2D eigenvalue weighted by Crippen LogP contribution is 2.27. The van der Waals surface area contributed by atoms with E-state index < -0.39 is 20.5 Å². The summed E-state index contributed by atoms with van der Waals surface area (Å²) in [6.45, 7) is 3.49.